The third-order valence-corrected chi connectivity index (χ3v) is 5.63. The fourth-order valence-corrected chi connectivity index (χ4v) is 4.23. The number of aromatic amines is 1. The van der Waals surface area contributed by atoms with Crippen molar-refractivity contribution in [1.29, 1.82) is 0 Å². The second-order valence-electron chi connectivity index (χ2n) is 5.64. The van der Waals surface area contributed by atoms with Gasteiger partial charge in [0, 0.05) is 19.1 Å². The lowest BCUT2D eigenvalue weighted by molar-refractivity contribution is 0.187. The molecular weight excluding hydrogens is 290 g/mol. The van der Waals surface area contributed by atoms with Crippen LogP contribution in [0.4, 0.5) is 0 Å². The monoisotopic (exact) mass is 315 g/mol. The average Bonchev–Trinajstić information content (AvgIpc) is 2.80. The van der Waals surface area contributed by atoms with Crippen LogP contribution in [0.2, 0.25) is 0 Å². The van der Waals surface area contributed by atoms with E-state index in [-0.39, 0.29) is 10.9 Å². The van der Waals surface area contributed by atoms with Gasteiger partial charge >= 0.3 is 0 Å². The average molecular weight is 315 g/mol. The lowest BCUT2D eigenvalue weighted by Gasteiger charge is -2.32. The Balaban J connectivity index is 2.09. The van der Waals surface area contributed by atoms with E-state index < -0.39 is 10.0 Å². The van der Waals surface area contributed by atoms with Gasteiger partial charge in [0.05, 0.1) is 11.4 Å². The first kappa shape index (κ1) is 16.4. The maximum atomic E-state index is 12.5. The Bertz CT molecular complexity index is 569. The lowest BCUT2D eigenvalue weighted by atomic mass is 10.0. The summed E-state index contributed by atoms with van der Waals surface area (Å²) in [4.78, 5) is 2.50. The molecular formula is C13H25N5O2S. The highest BCUT2D eigenvalue weighted by atomic mass is 32.2. The van der Waals surface area contributed by atoms with Crippen LogP contribution in [0.5, 0.6) is 0 Å². The molecule has 1 atom stereocenters. The van der Waals surface area contributed by atoms with Crippen molar-refractivity contribution in [3.05, 3.63) is 11.4 Å². The number of piperidine rings is 1. The number of aromatic nitrogens is 2. The van der Waals surface area contributed by atoms with E-state index >= 15 is 0 Å². The minimum absolute atomic E-state index is 0.272. The Morgan fingerprint density at radius 3 is 2.86 bits per heavy atom. The predicted octanol–water partition coefficient (Wildman–Crippen LogP) is 0.200. The van der Waals surface area contributed by atoms with Gasteiger partial charge in [-0.15, -0.1) is 0 Å². The Morgan fingerprint density at radius 2 is 2.19 bits per heavy atom. The van der Waals surface area contributed by atoms with Crippen molar-refractivity contribution < 1.29 is 8.42 Å². The van der Waals surface area contributed by atoms with E-state index in [0.29, 0.717) is 24.5 Å². The van der Waals surface area contributed by atoms with E-state index in [9.17, 15) is 8.42 Å². The fourth-order valence-electron chi connectivity index (χ4n) is 2.79. The second-order valence-corrected chi connectivity index (χ2v) is 7.34. The van der Waals surface area contributed by atoms with Gasteiger partial charge in [-0.3, -0.25) is 5.10 Å². The molecule has 1 fully saturated rings. The zero-order valence-corrected chi connectivity index (χ0v) is 13.8. The molecule has 0 bridgehead atoms. The number of hydrogen-bond donors (Lipinski definition) is 3. The lowest BCUT2D eigenvalue weighted by Crippen LogP contribution is -2.44. The van der Waals surface area contributed by atoms with Crippen LogP contribution in [0.15, 0.2) is 4.90 Å². The van der Waals surface area contributed by atoms with Gasteiger partial charge in [0.1, 0.15) is 4.90 Å². The molecule has 0 aliphatic carbocycles. The Hall–Kier alpha value is -0.960. The highest BCUT2D eigenvalue weighted by molar-refractivity contribution is 7.89. The summed E-state index contributed by atoms with van der Waals surface area (Å²) in [5, 5.41) is 9.76. The van der Waals surface area contributed by atoms with Crippen molar-refractivity contribution in [2.45, 2.75) is 43.7 Å². The van der Waals surface area contributed by atoms with Gasteiger partial charge in [0.25, 0.3) is 0 Å². The molecule has 0 radical (unpaired) electrons. The molecule has 1 unspecified atom stereocenters. The molecule has 2 heterocycles. The highest BCUT2D eigenvalue weighted by Gasteiger charge is 2.26. The molecule has 1 aliphatic heterocycles. The summed E-state index contributed by atoms with van der Waals surface area (Å²) < 4.78 is 27.8. The molecule has 0 amide bonds. The van der Waals surface area contributed by atoms with E-state index in [1.54, 1.807) is 14.0 Å². The first-order chi connectivity index (χ1) is 9.95. The van der Waals surface area contributed by atoms with Gasteiger partial charge in [-0.1, -0.05) is 6.42 Å². The zero-order chi connectivity index (χ0) is 15.5. The van der Waals surface area contributed by atoms with Crippen LogP contribution >= 0.6 is 0 Å². The van der Waals surface area contributed by atoms with Crippen LogP contribution in [0.3, 0.4) is 0 Å². The predicted molar refractivity (Wildman–Crippen MR) is 81.5 cm³/mol. The fraction of sp³-hybridized carbons (Fsp3) is 0.769. The molecule has 8 heteroatoms. The molecule has 120 valence electrons. The maximum Gasteiger partial charge on any atom is 0.244 e. The third-order valence-electron chi connectivity index (χ3n) is 4.00. The standard InChI is InChI=1S/C13H25N5O2S/c1-10-13(12(9-14-2)17-16-10)21(19,20)15-8-11-6-4-5-7-18(11)3/h11,14-15H,4-9H2,1-3H3,(H,16,17). The minimum atomic E-state index is -3.53. The Kier molecular flexibility index (Phi) is 5.37. The van der Waals surface area contributed by atoms with Crippen LogP contribution < -0.4 is 10.0 Å². The first-order valence-corrected chi connectivity index (χ1v) is 8.82. The Labute approximate surface area is 126 Å². The third kappa shape index (κ3) is 3.82. The number of sulfonamides is 1. The summed E-state index contributed by atoms with van der Waals surface area (Å²) in [6.45, 7) is 3.63. The molecule has 3 N–H and O–H groups in total. The van der Waals surface area contributed by atoms with Gasteiger partial charge in [0.15, 0.2) is 0 Å². The van der Waals surface area contributed by atoms with Crippen LogP contribution in [-0.4, -0.2) is 56.7 Å². The van der Waals surface area contributed by atoms with E-state index in [4.69, 9.17) is 0 Å². The molecule has 0 aromatic carbocycles. The molecule has 0 spiro atoms. The zero-order valence-electron chi connectivity index (χ0n) is 12.9. The van der Waals surface area contributed by atoms with Crippen LogP contribution in [0.25, 0.3) is 0 Å². The van der Waals surface area contributed by atoms with Crippen molar-refractivity contribution >= 4 is 10.0 Å². The SMILES string of the molecule is CNCc1n[nH]c(C)c1S(=O)(=O)NCC1CCCCN1C. The number of likely N-dealkylation sites (tertiary alicyclic amines) is 1. The number of nitrogens with zero attached hydrogens (tertiary/aromatic N) is 2. The molecule has 1 aromatic heterocycles. The molecule has 21 heavy (non-hydrogen) atoms. The van der Waals surface area contributed by atoms with Gasteiger partial charge < -0.3 is 10.2 Å². The number of nitrogens with one attached hydrogen (secondary N) is 3. The smallest absolute Gasteiger partial charge is 0.244 e. The van der Waals surface area contributed by atoms with Gasteiger partial charge in [-0.05, 0) is 40.4 Å². The molecule has 7 nitrogen and oxygen atoms in total. The van der Waals surface area contributed by atoms with Crippen molar-refractivity contribution in [3.8, 4) is 0 Å². The molecule has 1 saturated heterocycles. The highest BCUT2D eigenvalue weighted by Crippen LogP contribution is 2.19. The molecule has 2 rings (SSSR count). The number of H-pyrrole nitrogens is 1. The minimum Gasteiger partial charge on any atom is -0.314 e. The molecule has 0 saturated carbocycles. The molecule has 1 aromatic rings. The van der Waals surface area contributed by atoms with E-state index in [2.05, 4.69) is 25.1 Å². The van der Waals surface area contributed by atoms with E-state index in [1.165, 1.54) is 6.42 Å². The van der Waals surface area contributed by atoms with Crippen molar-refractivity contribution in [2.24, 2.45) is 0 Å². The Morgan fingerprint density at radius 1 is 1.43 bits per heavy atom. The van der Waals surface area contributed by atoms with Crippen molar-refractivity contribution in [3.63, 3.8) is 0 Å². The van der Waals surface area contributed by atoms with Crippen LogP contribution in [0, 0.1) is 6.92 Å². The normalized spacial score (nSPS) is 20.8. The number of rotatable bonds is 6. The van der Waals surface area contributed by atoms with Crippen molar-refractivity contribution in [2.75, 3.05) is 27.2 Å². The largest absolute Gasteiger partial charge is 0.314 e. The van der Waals surface area contributed by atoms with Gasteiger partial charge in [-0.2, -0.15) is 5.10 Å². The number of hydrogen-bond acceptors (Lipinski definition) is 5. The van der Waals surface area contributed by atoms with E-state index in [0.717, 1.165) is 19.4 Å². The first-order valence-electron chi connectivity index (χ1n) is 7.34. The van der Waals surface area contributed by atoms with Crippen LogP contribution in [-0.2, 0) is 16.6 Å². The second kappa shape index (κ2) is 6.87. The summed E-state index contributed by atoms with van der Waals surface area (Å²) in [6, 6.07) is 0.272. The van der Waals surface area contributed by atoms with Gasteiger partial charge in [0.2, 0.25) is 10.0 Å². The van der Waals surface area contributed by atoms with Crippen molar-refractivity contribution in [1.82, 2.24) is 25.1 Å². The number of aryl methyl sites for hydroxylation is 1. The van der Waals surface area contributed by atoms with Gasteiger partial charge in [-0.25, -0.2) is 13.1 Å². The quantitative estimate of drug-likeness (QED) is 0.698. The maximum absolute atomic E-state index is 12.5. The summed E-state index contributed by atoms with van der Waals surface area (Å²) >= 11 is 0. The summed E-state index contributed by atoms with van der Waals surface area (Å²) in [5.74, 6) is 0. The van der Waals surface area contributed by atoms with E-state index in [1.807, 2.05) is 7.05 Å². The summed E-state index contributed by atoms with van der Waals surface area (Å²) in [7, 11) is 0.284. The van der Waals surface area contributed by atoms with Crippen LogP contribution in [0.1, 0.15) is 30.7 Å². The summed E-state index contributed by atoms with van der Waals surface area (Å²) in [6.07, 6.45) is 3.38. The number of likely N-dealkylation sites (N-methyl/N-ethyl adjacent to an activating group) is 1. The summed E-state index contributed by atoms with van der Waals surface area (Å²) in [5.41, 5.74) is 1.10. The molecule has 1 aliphatic rings. The topological polar surface area (TPSA) is 90.1 Å².